The fourth-order valence-corrected chi connectivity index (χ4v) is 4.55. The van der Waals surface area contributed by atoms with Gasteiger partial charge < -0.3 is 10.2 Å². The Kier molecular flexibility index (Phi) is 9.43. The third kappa shape index (κ3) is 8.65. The summed E-state index contributed by atoms with van der Waals surface area (Å²) in [5, 5.41) is 2.91. The highest BCUT2D eigenvalue weighted by molar-refractivity contribution is 7.92. The van der Waals surface area contributed by atoms with Crippen molar-refractivity contribution >= 4 is 27.5 Å². The van der Waals surface area contributed by atoms with Crippen molar-refractivity contribution < 1.29 is 22.4 Å². The Morgan fingerprint density at radius 1 is 1.06 bits per heavy atom. The van der Waals surface area contributed by atoms with Crippen LogP contribution in [0.2, 0.25) is 0 Å². The number of hydrogen-bond donors (Lipinski definition) is 1. The van der Waals surface area contributed by atoms with Gasteiger partial charge in [0.05, 0.1) is 11.9 Å². The summed E-state index contributed by atoms with van der Waals surface area (Å²) in [6.07, 6.45) is 1.17. The van der Waals surface area contributed by atoms with Crippen LogP contribution >= 0.6 is 0 Å². The highest BCUT2D eigenvalue weighted by Gasteiger charge is 2.29. The number of halogens is 1. The minimum atomic E-state index is -3.76. The predicted octanol–water partition coefficient (Wildman–Crippen LogP) is 4.01. The molecular formula is C26H36FN3O4S. The van der Waals surface area contributed by atoms with Gasteiger partial charge in [-0.05, 0) is 58.7 Å². The van der Waals surface area contributed by atoms with Gasteiger partial charge in [0.2, 0.25) is 21.8 Å². The molecule has 1 atom stereocenters. The number of rotatable bonds is 10. The van der Waals surface area contributed by atoms with Gasteiger partial charge in [0.15, 0.2) is 0 Å². The molecule has 0 aliphatic rings. The molecule has 0 heterocycles. The maximum atomic E-state index is 14.3. The van der Waals surface area contributed by atoms with Crippen LogP contribution in [-0.4, -0.2) is 49.5 Å². The number of nitrogens with one attached hydrogen (secondary N) is 1. The van der Waals surface area contributed by atoms with Gasteiger partial charge in [-0.15, -0.1) is 0 Å². The van der Waals surface area contributed by atoms with Crippen molar-refractivity contribution in [3.05, 3.63) is 65.5 Å². The van der Waals surface area contributed by atoms with E-state index in [1.165, 1.54) is 23.1 Å². The summed E-state index contributed by atoms with van der Waals surface area (Å²) in [7, 11) is -3.76. The molecule has 0 aliphatic heterocycles. The number of para-hydroxylation sites is 1. The van der Waals surface area contributed by atoms with Crippen molar-refractivity contribution in [3.63, 3.8) is 0 Å². The zero-order valence-electron chi connectivity index (χ0n) is 21.3. The molecule has 1 unspecified atom stereocenters. The maximum absolute atomic E-state index is 14.3. The van der Waals surface area contributed by atoms with Gasteiger partial charge in [-0.25, -0.2) is 12.8 Å². The number of anilines is 1. The lowest BCUT2D eigenvalue weighted by Gasteiger charge is -2.32. The Hall–Kier alpha value is -2.94. The molecule has 0 aromatic heterocycles. The van der Waals surface area contributed by atoms with E-state index in [1.807, 2.05) is 52.0 Å². The lowest BCUT2D eigenvalue weighted by atomic mass is 10.1. The summed E-state index contributed by atoms with van der Waals surface area (Å²) in [6.45, 7) is 9.42. The average molecular weight is 506 g/mol. The Balaban J connectivity index is 2.19. The number of benzene rings is 2. The molecule has 0 saturated heterocycles. The van der Waals surface area contributed by atoms with Crippen LogP contribution in [0.3, 0.4) is 0 Å². The van der Waals surface area contributed by atoms with Crippen molar-refractivity contribution in [2.75, 3.05) is 17.1 Å². The predicted molar refractivity (Wildman–Crippen MR) is 137 cm³/mol. The number of carbonyl (C=O) groups is 2. The largest absolute Gasteiger partial charge is 0.350 e. The fraction of sp³-hybridized carbons (Fsp3) is 0.462. The summed E-state index contributed by atoms with van der Waals surface area (Å²) < 4.78 is 39.8. The number of aryl methyl sites for hydroxylation is 1. The molecule has 0 fully saturated rings. The number of amides is 2. The quantitative estimate of drug-likeness (QED) is 0.529. The summed E-state index contributed by atoms with van der Waals surface area (Å²) in [5.41, 5.74) is 1.44. The third-order valence-corrected chi connectivity index (χ3v) is 6.59. The number of sulfonamides is 1. The van der Waals surface area contributed by atoms with Crippen molar-refractivity contribution in [3.8, 4) is 0 Å². The molecule has 2 aromatic carbocycles. The van der Waals surface area contributed by atoms with Gasteiger partial charge in [-0.2, -0.15) is 0 Å². The van der Waals surface area contributed by atoms with E-state index < -0.39 is 27.4 Å². The first-order chi connectivity index (χ1) is 16.2. The smallest absolute Gasteiger partial charge is 0.242 e. The Bertz CT molecular complexity index is 1130. The van der Waals surface area contributed by atoms with E-state index in [1.54, 1.807) is 13.0 Å². The van der Waals surface area contributed by atoms with Crippen LogP contribution in [0, 0.1) is 12.7 Å². The molecular weight excluding hydrogens is 469 g/mol. The van der Waals surface area contributed by atoms with E-state index in [0.717, 1.165) is 21.7 Å². The lowest BCUT2D eigenvalue weighted by molar-refractivity contribution is -0.141. The van der Waals surface area contributed by atoms with E-state index in [4.69, 9.17) is 0 Å². The first-order valence-corrected chi connectivity index (χ1v) is 13.4. The van der Waals surface area contributed by atoms with Crippen molar-refractivity contribution in [1.82, 2.24) is 10.2 Å². The van der Waals surface area contributed by atoms with Crippen molar-refractivity contribution in [2.24, 2.45) is 0 Å². The molecule has 0 radical (unpaired) electrons. The monoisotopic (exact) mass is 505 g/mol. The van der Waals surface area contributed by atoms with Crippen LogP contribution in [0.25, 0.3) is 0 Å². The molecule has 0 spiro atoms. The normalized spacial score (nSPS) is 12.7. The molecule has 2 rings (SSSR count). The molecule has 192 valence electrons. The van der Waals surface area contributed by atoms with Crippen LogP contribution in [0.5, 0.6) is 0 Å². The lowest BCUT2D eigenvalue weighted by Crippen LogP contribution is -2.52. The van der Waals surface area contributed by atoms with Crippen molar-refractivity contribution in [1.29, 1.82) is 0 Å². The molecule has 2 amide bonds. The minimum absolute atomic E-state index is 0.000524. The molecule has 0 aliphatic carbocycles. The average Bonchev–Trinajstić information content (AvgIpc) is 2.74. The van der Waals surface area contributed by atoms with E-state index >= 15 is 0 Å². The summed E-state index contributed by atoms with van der Waals surface area (Å²) in [5.74, 6) is -1.22. The SMILES string of the molecule is Cc1ccc(CN(C(=O)CCCN(c2ccccc2F)S(C)(=O)=O)C(C)C(=O)NC(C)(C)C)cc1. The van der Waals surface area contributed by atoms with Gasteiger partial charge in [-0.1, -0.05) is 42.0 Å². The van der Waals surface area contributed by atoms with Crippen LogP contribution in [0.4, 0.5) is 10.1 Å². The van der Waals surface area contributed by atoms with Gasteiger partial charge in [0.25, 0.3) is 0 Å². The van der Waals surface area contributed by atoms with Crippen LogP contribution in [-0.2, 0) is 26.2 Å². The van der Waals surface area contributed by atoms with Gasteiger partial charge in [0, 0.05) is 25.0 Å². The summed E-state index contributed by atoms with van der Waals surface area (Å²) in [6, 6.07) is 12.6. The summed E-state index contributed by atoms with van der Waals surface area (Å²) >= 11 is 0. The molecule has 1 N–H and O–H groups in total. The van der Waals surface area contributed by atoms with Crippen LogP contribution < -0.4 is 9.62 Å². The molecule has 7 nitrogen and oxygen atoms in total. The number of nitrogens with zero attached hydrogens (tertiary/aromatic N) is 2. The van der Waals surface area contributed by atoms with E-state index in [2.05, 4.69) is 5.32 Å². The van der Waals surface area contributed by atoms with Crippen LogP contribution in [0.1, 0.15) is 51.7 Å². The first kappa shape index (κ1) is 28.3. The second kappa shape index (κ2) is 11.7. The fourth-order valence-electron chi connectivity index (χ4n) is 3.58. The van der Waals surface area contributed by atoms with E-state index in [9.17, 15) is 22.4 Å². The van der Waals surface area contributed by atoms with E-state index in [0.29, 0.717) is 0 Å². The highest BCUT2D eigenvalue weighted by Crippen LogP contribution is 2.22. The standard InChI is InChI=1S/C26H36FN3O4S/c1-19-13-15-21(16-14-19)18-29(20(2)25(32)28-26(3,4)5)24(31)12-9-17-30(35(6,33)34)23-11-8-7-10-22(23)27/h7-8,10-11,13-16,20H,9,12,17-18H2,1-6H3,(H,28,32). The zero-order chi connectivity index (χ0) is 26.4. The molecule has 0 bridgehead atoms. The Morgan fingerprint density at radius 3 is 2.20 bits per heavy atom. The van der Waals surface area contributed by atoms with Gasteiger partial charge in [-0.3, -0.25) is 13.9 Å². The second-order valence-corrected chi connectivity index (χ2v) is 11.7. The highest BCUT2D eigenvalue weighted by atomic mass is 32.2. The molecule has 35 heavy (non-hydrogen) atoms. The van der Waals surface area contributed by atoms with Gasteiger partial charge in [0.1, 0.15) is 11.9 Å². The second-order valence-electron chi connectivity index (χ2n) is 9.81. The molecule has 0 saturated carbocycles. The maximum Gasteiger partial charge on any atom is 0.242 e. The first-order valence-electron chi connectivity index (χ1n) is 11.6. The Morgan fingerprint density at radius 2 is 1.66 bits per heavy atom. The number of hydrogen-bond acceptors (Lipinski definition) is 4. The number of carbonyl (C=O) groups excluding carboxylic acids is 2. The van der Waals surface area contributed by atoms with Crippen molar-refractivity contribution in [2.45, 2.75) is 65.6 Å². The topological polar surface area (TPSA) is 86.8 Å². The Labute approximate surface area is 208 Å². The minimum Gasteiger partial charge on any atom is -0.350 e. The zero-order valence-corrected chi connectivity index (χ0v) is 22.2. The molecule has 9 heteroatoms. The summed E-state index contributed by atoms with van der Waals surface area (Å²) in [4.78, 5) is 27.6. The molecule has 2 aromatic rings. The van der Waals surface area contributed by atoms with Crippen LogP contribution in [0.15, 0.2) is 48.5 Å². The van der Waals surface area contributed by atoms with Gasteiger partial charge >= 0.3 is 0 Å². The van der Waals surface area contributed by atoms with E-state index in [-0.39, 0.29) is 43.4 Å². The third-order valence-electron chi connectivity index (χ3n) is 5.41.